The molecule has 0 unspecified atom stereocenters. The topological polar surface area (TPSA) is 25.8 Å². The molecule has 0 N–H and O–H groups in total. The van der Waals surface area contributed by atoms with E-state index in [1.165, 1.54) is 12.1 Å². The number of aromatic nitrogens is 2. The minimum Gasteiger partial charge on any atom is -0.305 e. The molecule has 0 amide bonds. The van der Waals surface area contributed by atoms with Gasteiger partial charge in [0.25, 0.3) is 0 Å². The van der Waals surface area contributed by atoms with Crippen LogP contribution >= 0.6 is 0 Å². The number of rotatable bonds is 3. The average Bonchev–Trinajstić information content (AvgIpc) is 2.86. The fourth-order valence-electron chi connectivity index (χ4n) is 3.36. The summed E-state index contributed by atoms with van der Waals surface area (Å²) in [6.45, 7) is 2.05. The molecule has 5 rings (SSSR count). The monoisotopic (exact) mass is 609 g/mol. The van der Waals surface area contributed by atoms with Crippen LogP contribution in [0.5, 0.6) is 0 Å². The molecule has 33 heavy (non-hydrogen) atoms. The summed E-state index contributed by atoms with van der Waals surface area (Å²) in [5.41, 5.74) is 6.95. The summed E-state index contributed by atoms with van der Waals surface area (Å²) in [7, 11) is 0. The molecule has 0 bridgehead atoms. The van der Waals surface area contributed by atoms with E-state index >= 15 is 0 Å². The predicted octanol–water partition coefficient (Wildman–Crippen LogP) is 7.21. The summed E-state index contributed by atoms with van der Waals surface area (Å²) in [6, 6.07) is 36.3. The largest absolute Gasteiger partial charge is 0.305 e. The van der Waals surface area contributed by atoms with Gasteiger partial charge in [-0.05, 0) is 47.1 Å². The van der Waals surface area contributed by atoms with Gasteiger partial charge in [0.05, 0.1) is 0 Å². The van der Waals surface area contributed by atoms with E-state index in [0.29, 0.717) is 0 Å². The summed E-state index contributed by atoms with van der Waals surface area (Å²) in [4.78, 5) is 8.68. The van der Waals surface area contributed by atoms with Gasteiger partial charge in [-0.3, -0.25) is 4.39 Å². The molecule has 2 aromatic heterocycles. The predicted molar refractivity (Wildman–Crippen MR) is 127 cm³/mol. The minimum absolute atomic E-state index is 0. The number of pyridine rings is 2. The van der Waals surface area contributed by atoms with E-state index in [2.05, 4.69) is 41.2 Å². The SMILES string of the molecule is Cc1ccnc(-c2[c-]cc(F)cc2)c1-c1ccccc1.[Ir].[c-]1ccccc1-c1ccccn1. The summed E-state index contributed by atoms with van der Waals surface area (Å²) in [5.74, 6) is -0.289. The van der Waals surface area contributed by atoms with Crippen LogP contribution in [0, 0.1) is 24.9 Å². The average molecular weight is 609 g/mol. The van der Waals surface area contributed by atoms with E-state index in [0.717, 1.165) is 39.2 Å². The first-order valence-electron chi connectivity index (χ1n) is 10.3. The van der Waals surface area contributed by atoms with Gasteiger partial charge in [0.15, 0.2) is 0 Å². The van der Waals surface area contributed by atoms with Crippen molar-refractivity contribution in [3.8, 4) is 33.6 Å². The van der Waals surface area contributed by atoms with Gasteiger partial charge in [0, 0.05) is 38.3 Å². The van der Waals surface area contributed by atoms with Crippen molar-refractivity contribution in [3.63, 3.8) is 0 Å². The van der Waals surface area contributed by atoms with E-state index in [-0.39, 0.29) is 25.9 Å². The van der Waals surface area contributed by atoms with Gasteiger partial charge in [-0.2, -0.15) is 0 Å². The van der Waals surface area contributed by atoms with E-state index in [1.807, 2.05) is 66.7 Å². The molecule has 0 aliphatic heterocycles. The van der Waals surface area contributed by atoms with Gasteiger partial charge >= 0.3 is 0 Å². The second-order valence-corrected chi connectivity index (χ2v) is 7.13. The van der Waals surface area contributed by atoms with Crippen LogP contribution in [0.15, 0.2) is 109 Å². The molecule has 3 aromatic carbocycles. The Morgan fingerprint density at radius 3 is 2.15 bits per heavy atom. The van der Waals surface area contributed by atoms with Crippen molar-refractivity contribution in [2.24, 2.45) is 0 Å². The van der Waals surface area contributed by atoms with Crippen molar-refractivity contribution in [1.29, 1.82) is 0 Å². The van der Waals surface area contributed by atoms with Gasteiger partial charge in [-0.25, -0.2) is 0 Å². The zero-order chi connectivity index (χ0) is 22.2. The third kappa shape index (κ3) is 6.29. The maximum Gasteiger partial charge on any atom is 0.0379 e. The maximum atomic E-state index is 13.1. The summed E-state index contributed by atoms with van der Waals surface area (Å²) < 4.78 is 13.1. The molecule has 2 nitrogen and oxygen atoms in total. The number of hydrogen-bond donors (Lipinski definition) is 0. The molecule has 0 saturated heterocycles. The van der Waals surface area contributed by atoms with E-state index < -0.39 is 0 Å². The molecular formula is C29H21FIrN2-2. The number of halogens is 1. The fourth-order valence-corrected chi connectivity index (χ4v) is 3.36. The molecule has 0 spiro atoms. The maximum absolute atomic E-state index is 13.1. The van der Waals surface area contributed by atoms with Gasteiger partial charge in [0.2, 0.25) is 0 Å². The molecule has 5 aromatic rings. The second kappa shape index (κ2) is 12.0. The summed E-state index contributed by atoms with van der Waals surface area (Å²) >= 11 is 0. The van der Waals surface area contributed by atoms with E-state index in [1.54, 1.807) is 18.5 Å². The van der Waals surface area contributed by atoms with Crippen LogP contribution in [-0.2, 0) is 20.1 Å². The smallest absolute Gasteiger partial charge is 0.0379 e. The first-order valence-corrected chi connectivity index (χ1v) is 10.3. The number of hydrogen-bond acceptors (Lipinski definition) is 2. The first-order chi connectivity index (χ1) is 15.7. The Bertz CT molecular complexity index is 1220. The Kier molecular flexibility index (Phi) is 8.77. The van der Waals surface area contributed by atoms with Crippen molar-refractivity contribution in [3.05, 3.63) is 133 Å². The quantitative estimate of drug-likeness (QED) is 0.202. The van der Waals surface area contributed by atoms with Crippen LogP contribution in [0.1, 0.15) is 5.56 Å². The Hall–Kier alpha value is -3.46. The molecule has 165 valence electrons. The molecule has 2 heterocycles. The van der Waals surface area contributed by atoms with E-state index in [4.69, 9.17) is 0 Å². The zero-order valence-electron chi connectivity index (χ0n) is 18.0. The van der Waals surface area contributed by atoms with Crippen LogP contribution in [0.2, 0.25) is 0 Å². The van der Waals surface area contributed by atoms with Crippen LogP contribution in [0.4, 0.5) is 4.39 Å². The van der Waals surface area contributed by atoms with Crippen LogP contribution in [-0.4, -0.2) is 9.97 Å². The Labute approximate surface area is 207 Å². The van der Waals surface area contributed by atoms with Gasteiger partial charge in [-0.1, -0.05) is 42.5 Å². The normalized spacial score (nSPS) is 9.88. The molecule has 0 aliphatic rings. The number of benzene rings is 3. The third-order valence-electron chi connectivity index (χ3n) is 4.90. The zero-order valence-corrected chi connectivity index (χ0v) is 20.4. The molecule has 4 heteroatoms. The van der Waals surface area contributed by atoms with Crippen molar-refractivity contribution in [2.45, 2.75) is 6.92 Å². The van der Waals surface area contributed by atoms with Crippen LogP contribution in [0.3, 0.4) is 0 Å². The molecule has 0 fully saturated rings. The summed E-state index contributed by atoms with van der Waals surface area (Å²) in [6.07, 6.45) is 3.56. The minimum atomic E-state index is -0.289. The van der Waals surface area contributed by atoms with Crippen LogP contribution in [0.25, 0.3) is 33.6 Å². The Morgan fingerprint density at radius 2 is 1.48 bits per heavy atom. The van der Waals surface area contributed by atoms with Gasteiger partial charge in [-0.15, -0.1) is 65.7 Å². The van der Waals surface area contributed by atoms with Crippen molar-refractivity contribution in [1.82, 2.24) is 9.97 Å². The van der Waals surface area contributed by atoms with Crippen molar-refractivity contribution >= 4 is 0 Å². The molecule has 0 saturated carbocycles. The Balaban J connectivity index is 0.000000202. The number of nitrogens with zero attached hydrogens (tertiary/aromatic N) is 2. The van der Waals surface area contributed by atoms with Gasteiger partial charge < -0.3 is 9.97 Å². The fraction of sp³-hybridized carbons (Fsp3) is 0.0345. The number of aryl methyl sites for hydroxylation is 1. The van der Waals surface area contributed by atoms with Crippen LogP contribution < -0.4 is 0 Å². The molecule has 1 radical (unpaired) electrons. The molecule has 0 atom stereocenters. The molecular weight excluding hydrogens is 588 g/mol. The van der Waals surface area contributed by atoms with Gasteiger partial charge in [0.1, 0.15) is 0 Å². The first kappa shape index (κ1) is 24.2. The van der Waals surface area contributed by atoms with Crippen molar-refractivity contribution < 1.29 is 24.5 Å². The second-order valence-electron chi connectivity index (χ2n) is 7.13. The Morgan fingerprint density at radius 1 is 0.697 bits per heavy atom. The van der Waals surface area contributed by atoms with E-state index in [9.17, 15) is 4.39 Å². The third-order valence-corrected chi connectivity index (χ3v) is 4.90. The van der Waals surface area contributed by atoms with Crippen molar-refractivity contribution in [2.75, 3.05) is 0 Å². The summed E-state index contributed by atoms with van der Waals surface area (Å²) in [5, 5.41) is 0. The standard InChI is InChI=1S/C18H13FN.C11H8N.Ir/c1-13-11-12-20-18(15-7-9-16(19)10-8-15)17(13)14-5-3-2-4-6-14;1-2-6-10(7-3-1)11-8-4-5-9-12-11;/h2-7,9-12H,1H3;1-6,8-9H;/q2*-1;. The molecule has 0 aliphatic carbocycles.